The smallest absolute Gasteiger partial charge is 0.237 e. The molecule has 0 atom stereocenters. The van der Waals surface area contributed by atoms with E-state index in [0.29, 0.717) is 19.6 Å². The summed E-state index contributed by atoms with van der Waals surface area (Å²) in [6.07, 6.45) is 6.50. The van der Waals surface area contributed by atoms with Gasteiger partial charge in [0.2, 0.25) is 5.91 Å². The van der Waals surface area contributed by atoms with Gasteiger partial charge >= 0.3 is 0 Å². The highest BCUT2D eigenvalue weighted by Gasteiger charge is 2.43. The lowest BCUT2D eigenvalue weighted by Crippen LogP contribution is -2.64. The standard InChI is InChI=1S/C16H27N3O2/c1-3-7-16(21)12-19(13-16)10-14(20)18(2)15(11-17)8-5-4-6-9-15/h21H,3-10,12-13H2,1-2H3. The summed E-state index contributed by atoms with van der Waals surface area (Å²) < 4.78 is 0. The molecule has 1 N–H and O–H groups in total. The molecular formula is C16H27N3O2. The van der Waals surface area contributed by atoms with Gasteiger partial charge in [-0.15, -0.1) is 0 Å². The molecule has 21 heavy (non-hydrogen) atoms. The molecule has 5 heteroatoms. The van der Waals surface area contributed by atoms with Crippen LogP contribution in [-0.4, -0.2) is 58.6 Å². The summed E-state index contributed by atoms with van der Waals surface area (Å²) in [4.78, 5) is 16.1. The number of nitrogens with zero attached hydrogens (tertiary/aromatic N) is 3. The van der Waals surface area contributed by atoms with Crippen molar-refractivity contribution in [3.05, 3.63) is 0 Å². The Morgan fingerprint density at radius 1 is 1.33 bits per heavy atom. The molecule has 2 aliphatic rings. The van der Waals surface area contributed by atoms with E-state index in [4.69, 9.17) is 0 Å². The number of aliphatic hydroxyl groups is 1. The fourth-order valence-electron chi connectivity index (χ4n) is 3.72. The first-order valence-electron chi connectivity index (χ1n) is 8.07. The van der Waals surface area contributed by atoms with Crippen molar-refractivity contribution in [3.8, 4) is 6.07 Å². The summed E-state index contributed by atoms with van der Waals surface area (Å²) in [5.74, 6) is -0.00278. The molecule has 0 aromatic heterocycles. The molecule has 1 heterocycles. The van der Waals surface area contributed by atoms with Crippen LogP contribution in [0.5, 0.6) is 0 Å². The Hall–Kier alpha value is -1.12. The fraction of sp³-hybridized carbons (Fsp3) is 0.875. The SMILES string of the molecule is CCCC1(O)CN(CC(=O)N(C)C2(C#N)CCCCC2)C1. The lowest BCUT2D eigenvalue weighted by Gasteiger charge is -2.47. The van der Waals surface area contributed by atoms with E-state index < -0.39 is 11.1 Å². The third kappa shape index (κ3) is 3.38. The van der Waals surface area contributed by atoms with Crippen LogP contribution in [0, 0.1) is 11.3 Å². The van der Waals surface area contributed by atoms with Gasteiger partial charge in [-0.25, -0.2) is 0 Å². The zero-order chi connectivity index (χ0) is 15.5. The Morgan fingerprint density at radius 3 is 2.48 bits per heavy atom. The number of hydrogen-bond acceptors (Lipinski definition) is 4. The van der Waals surface area contributed by atoms with Crippen LogP contribution in [0.25, 0.3) is 0 Å². The predicted molar refractivity (Wildman–Crippen MR) is 80.5 cm³/mol. The molecule has 5 nitrogen and oxygen atoms in total. The minimum Gasteiger partial charge on any atom is -0.387 e. The Labute approximate surface area is 127 Å². The highest BCUT2D eigenvalue weighted by molar-refractivity contribution is 5.79. The monoisotopic (exact) mass is 293 g/mol. The van der Waals surface area contributed by atoms with Gasteiger partial charge in [-0.2, -0.15) is 5.26 Å². The number of amides is 1. The fourth-order valence-corrected chi connectivity index (χ4v) is 3.72. The predicted octanol–water partition coefficient (Wildman–Crippen LogP) is 1.52. The molecular weight excluding hydrogens is 266 g/mol. The first kappa shape index (κ1) is 16.3. The molecule has 1 saturated carbocycles. The van der Waals surface area contributed by atoms with Crippen molar-refractivity contribution < 1.29 is 9.90 Å². The van der Waals surface area contributed by atoms with E-state index in [1.807, 2.05) is 4.90 Å². The molecule has 1 aliphatic heterocycles. The van der Waals surface area contributed by atoms with E-state index in [-0.39, 0.29) is 5.91 Å². The van der Waals surface area contributed by atoms with Gasteiger partial charge in [-0.3, -0.25) is 9.69 Å². The van der Waals surface area contributed by atoms with Crippen molar-refractivity contribution in [2.45, 2.75) is 63.0 Å². The number of carbonyl (C=O) groups excluding carboxylic acids is 1. The Kier molecular flexibility index (Phi) is 4.90. The maximum Gasteiger partial charge on any atom is 0.237 e. The Balaban J connectivity index is 1.88. The molecule has 0 bridgehead atoms. The molecule has 2 rings (SSSR count). The highest BCUT2D eigenvalue weighted by Crippen LogP contribution is 2.33. The van der Waals surface area contributed by atoms with Crippen molar-refractivity contribution in [3.63, 3.8) is 0 Å². The average Bonchev–Trinajstić information content (AvgIpc) is 2.45. The van der Waals surface area contributed by atoms with Crippen LogP contribution in [0.2, 0.25) is 0 Å². The Morgan fingerprint density at radius 2 is 1.95 bits per heavy atom. The van der Waals surface area contributed by atoms with E-state index in [2.05, 4.69) is 13.0 Å². The third-order valence-corrected chi connectivity index (χ3v) is 5.02. The maximum atomic E-state index is 12.4. The van der Waals surface area contributed by atoms with E-state index >= 15 is 0 Å². The zero-order valence-electron chi connectivity index (χ0n) is 13.3. The van der Waals surface area contributed by atoms with Crippen molar-refractivity contribution in [1.82, 2.24) is 9.80 Å². The largest absolute Gasteiger partial charge is 0.387 e. The normalized spacial score (nSPS) is 23.9. The summed E-state index contributed by atoms with van der Waals surface area (Å²) in [5.41, 5.74) is -1.22. The first-order valence-corrected chi connectivity index (χ1v) is 8.07. The molecule has 2 fully saturated rings. The second-order valence-electron chi connectivity index (χ2n) is 6.78. The number of nitriles is 1. The maximum absolute atomic E-state index is 12.4. The van der Waals surface area contributed by atoms with Crippen molar-refractivity contribution in [2.24, 2.45) is 0 Å². The minimum atomic E-state index is -0.611. The van der Waals surface area contributed by atoms with E-state index in [1.165, 1.54) is 0 Å². The van der Waals surface area contributed by atoms with Crippen LogP contribution in [0.3, 0.4) is 0 Å². The number of carbonyl (C=O) groups is 1. The van der Waals surface area contributed by atoms with E-state index in [9.17, 15) is 15.2 Å². The average molecular weight is 293 g/mol. The number of β-amino-alcohol motifs (C(OH)–C–C–N with tert-alkyl or cyclic N) is 1. The second kappa shape index (κ2) is 6.33. The van der Waals surface area contributed by atoms with Crippen molar-refractivity contribution >= 4 is 5.91 Å². The molecule has 1 amide bonds. The van der Waals surface area contributed by atoms with Gasteiger partial charge in [-0.05, 0) is 19.3 Å². The molecule has 0 spiro atoms. The molecule has 1 aliphatic carbocycles. The van der Waals surface area contributed by atoms with Crippen LogP contribution in [0.15, 0.2) is 0 Å². The highest BCUT2D eigenvalue weighted by atomic mass is 16.3. The molecule has 0 unspecified atom stereocenters. The number of rotatable bonds is 5. The van der Waals surface area contributed by atoms with Crippen LogP contribution in [-0.2, 0) is 4.79 Å². The van der Waals surface area contributed by atoms with Gasteiger partial charge in [-0.1, -0.05) is 32.6 Å². The van der Waals surface area contributed by atoms with Crippen LogP contribution >= 0.6 is 0 Å². The number of likely N-dealkylation sites (N-methyl/N-ethyl adjacent to an activating group) is 1. The minimum absolute atomic E-state index is 0.00278. The number of likely N-dealkylation sites (tertiary alicyclic amines) is 1. The van der Waals surface area contributed by atoms with Gasteiger partial charge in [0, 0.05) is 20.1 Å². The van der Waals surface area contributed by atoms with Gasteiger partial charge < -0.3 is 10.0 Å². The van der Waals surface area contributed by atoms with Crippen LogP contribution in [0.4, 0.5) is 0 Å². The summed E-state index contributed by atoms with van der Waals surface area (Å²) in [7, 11) is 1.76. The van der Waals surface area contributed by atoms with Gasteiger partial charge in [0.25, 0.3) is 0 Å². The van der Waals surface area contributed by atoms with Crippen LogP contribution in [0.1, 0.15) is 51.9 Å². The quantitative estimate of drug-likeness (QED) is 0.834. The summed E-state index contributed by atoms with van der Waals surface area (Å²) in [6.45, 7) is 3.51. The second-order valence-corrected chi connectivity index (χ2v) is 6.78. The first-order chi connectivity index (χ1) is 9.95. The zero-order valence-corrected chi connectivity index (χ0v) is 13.3. The van der Waals surface area contributed by atoms with Gasteiger partial charge in [0.05, 0.1) is 18.2 Å². The third-order valence-electron chi connectivity index (χ3n) is 5.02. The molecule has 0 radical (unpaired) electrons. The molecule has 118 valence electrons. The van der Waals surface area contributed by atoms with Crippen LogP contribution < -0.4 is 0 Å². The number of hydrogen-bond donors (Lipinski definition) is 1. The summed E-state index contributed by atoms with van der Waals surface area (Å²) >= 11 is 0. The topological polar surface area (TPSA) is 67.6 Å². The van der Waals surface area contributed by atoms with Gasteiger partial charge in [0.1, 0.15) is 5.54 Å². The lowest BCUT2D eigenvalue weighted by molar-refractivity contribution is -0.145. The molecule has 0 aromatic rings. The molecule has 1 saturated heterocycles. The lowest BCUT2D eigenvalue weighted by atomic mass is 9.81. The van der Waals surface area contributed by atoms with E-state index in [0.717, 1.165) is 44.9 Å². The van der Waals surface area contributed by atoms with E-state index in [1.54, 1.807) is 11.9 Å². The van der Waals surface area contributed by atoms with Crippen molar-refractivity contribution in [1.29, 1.82) is 5.26 Å². The Bertz CT molecular complexity index is 418. The summed E-state index contributed by atoms with van der Waals surface area (Å²) in [5, 5.41) is 19.7. The summed E-state index contributed by atoms with van der Waals surface area (Å²) in [6, 6.07) is 2.38. The van der Waals surface area contributed by atoms with Crippen molar-refractivity contribution in [2.75, 3.05) is 26.7 Å². The molecule has 0 aromatic carbocycles. The van der Waals surface area contributed by atoms with Gasteiger partial charge in [0.15, 0.2) is 0 Å².